The molecule has 0 aliphatic carbocycles. The lowest BCUT2D eigenvalue weighted by Gasteiger charge is -2.05. The lowest BCUT2D eigenvalue weighted by molar-refractivity contribution is -0.117. The van der Waals surface area contributed by atoms with Gasteiger partial charge in [-0.2, -0.15) is 13.2 Å². The van der Waals surface area contributed by atoms with Crippen molar-refractivity contribution in [2.24, 2.45) is 5.73 Å². The number of alkyl halides is 3. The molecule has 0 saturated carbocycles. The molecule has 0 aliphatic heterocycles. The third kappa shape index (κ3) is 4.04. The number of halogens is 3. The fourth-order valence-corrected chi connectivity index (χ4v) is 1.26. The Balaban J connectivity index is 2.90. The van der Waals surface area contributed by atoms with Gasteiger partial charge in [-0.3, -0.25) is 9.59 Å². The Kier molecular flexibility index (Phi) is 4.25. The lowest BCUT2D eigenvalue weighted by Crippen LogP contribution is -2.22. The summed E-state index contributed by atoms with van der Waals surface area (Å²) in [6, 6.07) is 5.04. The molecule has 6 heteroatoms. The first kappa shape index (κ1) is 14.0. The summed E-state index contributed by atoms with van der Waals surface area (Å²) in [6.45, 7) is 0. The van der Waals surface area contributed by atoms with Crippen LogP contribution in [-0.4, -0.2) is 17.9 Å². The highest BCUT2D eigenvalue weighted by Crippen LogP contribution is 2.22. The number of hydrogen-bond donors (Lipinski definition) is 1. The van der Waals surface area contributed by atoms with Gasteiger partial charge in [-0.25, -0.2) is 0 Å². The molecular formula is C12H10F3NO2. The first-order valence-corrected chi connectivity index (χ1v) is 4.97. The number of hydrogen-bond acceptors (Lipinski definition) is 2. The molecule has 0 spiro atoms. The first-order chi connectivity index (χ1) is 8.30. The average molecular weight is 257 g/mol. The quantitative estimate of drug-likeness (QED) is 0.841. The summed E-state index contributed by atoms with van der Waals surface area (Å²) in [5, 5.41) is 0. The summed E-state index contributed by atoms with van der Waals surface area (Å²) < 4.78 is 36.6. The van der Waals surface area contributed by atoms with Crippen LogP contribution in [0.2, 0.25) is 0 Å². The Morgan fingerprint density at radius 2 is 1.94 bits per heavy atom. The van der Waals surface area contributed by atoms with Crippen LogP contribution < -0.4 is 5.73 Å². The van der Waals surface area contributed by atoms with Crippen LogP contribution in [0, 0.1) is 0 Å². The zero-order valence-corrected chi connectivity index (χ0v) is 9.20. The maximum Gasteiger partial charge on any atom is 0.454 e. The molecule has 0 radical (unpaired) electrons. The van der Waals surface area contributed by atoms with Crippen molar-refractivity contribution < 1.29 is 22.8 Å². The van der Waals surface area contributed by atoms with Crippen molar-refractivity contribution in [2.75, 3.05) is 0 Å². The standard InChI is InChI=1S/C12H10F3NO2/c13-12(14,15)11(18)9-5-1-3-8(7-9)4-2-6-10(16)17/h1-5,7H,6H2,(H2,16,17). The first-order valence-electron chi connectivity index (χ1n) is 4.97. The van der Waals surface area contributed by atoms with Crippen molar-refractivity contribution in [1.29, 1.82) is 0 Å². The Hall–Kier alpha value is -2.11. The number of benzene rings is 1. The third-order valence-electron chi connectivity index (χ3n) is 2.04. The van der Waals surface area contributed by atoms with Crippen molar-refractivity contribution in [3.8, 4) is 0 Å². The molecule has 2 N–H and O–H groups in total. The van der Waals surface area contributed by atoms with Crippen LogP contribution in [0.4, 0.5) is 13.2 Å². The number of primary amides is 1. The van der Waals surface area contributed by atoms with Gasteiger partial charge in [-0.1, -0.05) is 30.4 Å². The molecule has 1 aromatic carbocycles. The van der Waals surface area contributed by atoms with E-state index in [9.17, 15) is 22.8 Å². The second-order valence-corrected chi connectivity index (χ2v) is 3.53. The monoisotopic (exact) mass is 257 g/mol. The van der Waals surface area contributed by atoms with Gasteiger partial charge in [0.15, 0.2) is 0 Å². The highest BCUT2D eigenvalue weighted by Gasteiger charge is 2.39. The molecule has 0 fully saturated rings. The number of carbonyl (C=O) groups excluding carboxylic acids is 2. The maximum absolute atomic E-state index is 12.2. The van der Waals surface area contributed by atoms with E-state index >= 15 is 0 Å². The van der Waals surface area contributed by atoms with E-state index in [4.69, 9.17) is 5.73 Å². The molecule has 1 aromatic rings. The highest BCUT2D eigenvalue weighted by atomic mass is 19.4. The Morgan fingerprint density at radius 3 is 2.50 bits per heavy atom. The van der Waals surface area contributed by atoms with Crippen LogP contribution in [0.25, 0.3) is 6.08 Å². The van der Waals surface area contributed by atoms with Crippen LogP contribution in [0.5, 0.6) is 0 Å². The van der Waals surface area contributed by atoms with Crippen molar-refractivity contribution in [3.63, 3.8) is 0 Å². The predicted octanol–water partition coefficient (Wildman–Crippen LogP) is 2.32. The fraction of sp³-hybridized carbons (Fsp3) is 0.167. The summed E-state index contributed by atoms with van der Waals surface area (Å²) in [5.41, 5.74) is 4.85. The summed E-state index contributed by atoms with van der Waals surface area (Å²) >= 11 is 0. The van der Waals surface area contributed by atoms with Gasteiger partial charge >= 0.3 is 6.18 Å². The minimum atomic E-state index is -4.89. The van der Waals surface area contributed by atoms with Gasteiger partial charge in [-0.15, -0.1) is 0 Å². The van der Waals surface area contributed by atoms with E-state index in [1.807, 2.05) is 0 Å². The van der Waals surface area contributed by atoms with Gasteiger partial charge in [0.05, 0.1) is 0 Å². The minimum Gasteiger partial charge on any atom is -0.369 e. The van der Waals surface area contributed by atoms with Gasteiger partial charge in [-0.05, 0) is 11.6 Å². The minimum absolute atomic E-state index is 0.0164. The van der Waals surface area contributed by atoms with Gasteiger partial charge in [0, 0.05) is 12.0 Å². The Labute approximate surface area is 101 Å². The van der Waals surface area contributed by atoms with Crippen LogP contribution >= 0.6 is 0 Å². The van der Waals surface area contributed by atoms with E-state index in [0.717, 1.165) is 12.1 Å². The molecule has 1 rings (SSSR count). The summed E-state index contributed by atoms with van der Waals surface area (Å²) in [4.78, 5) is 21.4. The van der Waals surface area contributed by atoms with E-state index in [-0.39, 0.29) is 6.42 Å². The van der Waals surface area contributed by atoms with Gasteiger partial charge in [0.2, 0.25) is 5.91 Å². The summed E-state index contributed by atoms with van der Waals surface area (Å²) in [6.07, 6.45) is -2.07. The van der Waals surface area contributed by atoms with E-state index in [1.165, 1.54) is 24.3 Å². The molecule has 0 aliphatic rings. The number of rotatable bonds is 4. The zero-order valence-electron chi connectivity index (χ0n) is 9.20. The molecule has 0 saturated heterocycles. The fourth-order valence-electron chi connectivity index (χ4n) is 1.26. The SMILES string of the molecule is NC(=O)CC=Cc1cccc(C(=O)C(F)(F)F)c1. The summed E-state index contributed by atoms with van der Waals surface area (Å²) in [7, 11) is 0. The Bertz CT molecular complexity index is 492. The highest BCUT2D eigenvalue weighted by molar-refractivity contribution is 6.00. The molecule has 3 nitrogen and oxygen atoms in total. The molecular weight excluding hydrogens is 247 g/mol. The van der Waals surface area contributed by atoms with Crippen molar-refractivity contribution >= 4 is 17.8 Å². The topological polar surface area (TPSA) is 60.2 Å². The normalized spacial score (nSPS) is 11.7. The molecule has 0 bridgehead atoms. The van der Waals surface area contributed by atoms with Crippen molar-refractivity contribution in [1.82, 2.24) is 0 Å². The molecule has 18 heavy (non-hydrogen) atoms. The van der Waals surface area contributed by atoms with Gasteiger partial charge in [0.25, 0.3) is 5.78 Å². The second-order valence-electron chi connectivity index (χ2n) is 3.53. The van der Waals surface area contributed by atoms with Crippen molar-refractivity contribution in [2.45, 2.75) is 12.6 Å². The van der Waals surface area contributed by atoms with Crippen LogP contribution in [0.15, 0.2) is 30.3 Å². The van der Waals surface area contributed by atoms with E-state index < -0.39 is 23.4 Å². The molecule has 1 amide bonds. The second kappa shape index (κ2) is 5.48. The maximum atomic E-state index is 12.2. The zero-order chi connectivity index (χ0) is 13.8. The number of nitrogens with two attached hydrogens (primary N) is 1. The number of amides is 1. The van der Waals surface area contributed by atoms with Gasteiger partial charge in [0.1, 0.15) is 0 Å². The third-order valence-corrected chi connectivity index (χ3v) is 2.04. The average Bonchev–Trinajstić information content (AvgIpc) is 2.26. The van der Waals surface area contributed by atoms with Crippen molar-refractivity contribution in [3.05, 3.63) is 41.5 Å². The predicted molar refractivity (Wildman–Crippen MR) is 59.7 cm³/mol. The van der Waals surface area contributed by atoms with Gasteiger partial charge < -0.3 is 5.73 Å². The number of Topliss-reactive ketones (excluding diaryl/α,β-unsaturated/α-hetero) is 1. The smallest absolute Gasteiger partial charge is 0.369 e. The molecule has 0 aromatic heterocycles. The molecule has 0 heterocycles. The van der Waals surface area contributed by atoms with E-state index in [0.29, 0.717) is 5.56 Å². The molecule has 0 atom stereocenters. The van der Waals surface area contributed by atoms with Crippen LogP contribution in [0.3, 0.4) is 0 Å². The largest absolute Gasteiger partial charge is 0.454 e. The molecule has 0 unspecified atom stereocenters. The summed E-state index contributed by atoms with van der Waals surface area (Å²) in [5.74, 6) is -2.44. The Morgan fingerprint density at radius 1 is 1.28 bits per heavy atom. The van der Waals surface area contributed by atoms with Crippen LogP contribution in [-0.2, 0) is 4.79 Å². The number of carbonyl (C=O) groups is 2. The number of ketones is 1. The van der Waals surface area contributed by atoms with E-state index in [2.05, 4.69) is 0 Å². The lowest BCUT2D eigenvalue weighted by atomic mass is 10.1. The molecule has 96 valence electrons. The van der Waals surface area contributed by atoms with Crippen LogP contribution in [0.1, 0.15) is 22.3 Å². The van der Waals surface area contributed by atoms with E-state index in [1.54, 1.807) is 0 Å².